The molecule has 17 heavy (non-hydrogen) atoms. The summed E-state index contributed by atoms with van der Waals surface area (Å²) >= 11 is 0. The fourth-order valence-corrected chi connectivity index (χ4v) is 1.31. The van der Waals surface area contributed by atoms with Gasteiger partial charge in [0.15, 0.2) is 0 Å². The zero-order valence-corrected chi connectivity index (χ0v) is 9.81. The molecule has 1 aromatic heterocycles. The minimum absolute atomic E-state index is 0.315. The van der Waals surface area contributed by atoms with Crippen molar-refractivity contribution in [1.82, 2.24) is 10.3 Å². The van der Waals surface area contributed by atoms with Gasteiger partial charge in [-0.3, -0.25) is 10.4 Å². The predicted molar refractivity (Wildman–Crippen MR) is 66.9 cm³/mol. The van der Waals surface area contributed by atoms with Crippen molar-refractivity contribution in [3.05, 3.63) is 24.5 Å². The quantitative estimate of drug-likeness (QED) is 0.417. The predicted octanol–water partition coefficient (Wildman–Crippen LogP) is 1.29. The Hall–Kier alpha value is -2.11. The number of unbranched alkanes of at least 4 members (excludes halogenated alkanes) is 1. The number of amides is 2. The zero-order valence-electron chi connectivity index (χ0n) is 9.81. The first-order valence-electron chi connectivity index (χ1n) is 5.48. The molecular formula is C11H17N5O. The van der Waals surface area contributed by atoms with Crippen LogP contribution >= 0.6 is 0 Å². The maximum Gasteiger partial charge on any atom is 0.328 e. The number of carbonyl (C=O) groups excluding carboxylic acids is 1. The van der Waals surface area contributed by atoms with E-state index in [0.29, 0.717) is 12.2 Å². The molecule has 1 heterocycles. The average Bonchev–Trinajstić information content (AvgIpc) is 2.30. The fraction of sp³-hybridized carbons (Fsp3) is 0.364. The summed E-state index contributed by atoms with van der Waals surface area (Å²) in [7, 11) is 0. The van der Waals surface area contributed by atoms with E-state index in [0.717, 1.165) is 17.7 Å². The van der Waals surface area contributed by atoms with Crippen molar-refractivity contribution in [3.8, 4) is 0 Å². The molecule has 2 amide bonds. The smallest absolute Gasteiger partial charge is 0.328 e. The van der Waals surface area contributed by atoms with Crippen LogP contribution in [0.5, 0.6) is 0 Å². The Morgan fingerprint density at radius 3 is 2.71 bits per heavy atom. The Morgan fingerprint density at radius 2 is 2.18 bits per heavy atom. The molecule has 0 atom stereocenters. The van der Waals surface area contributed by atoms with E-state index in [1.54, 1.807) is 24.5 Å². The van der Waals surface area contributed by atoms with Crippen LogP contribution < -0.4 is 16.0 Å². The highest BCUT2D eigenvalue weighted by atomic mass is 16.2. The van der Waals surface area contributed by atoms with Crippen molar-refractivity contribution >= 4 is 17.7 Å². The molecule has 6 nitrogen and oxygen atoms in total. The van der Waals surface area contributed by atoms with Crippen LogP contribution in [0.4, 0.5) is 10.5 Å². The van der Waals surface area contributed by atoms with Gasteiger partial charge in [-0.1, -0.05) is 13.3 Å². The highest BCUT2D eigenvalue weighted by Gasteiger charge is 2.17. The van der Waals surface area contributed by atoms with Crippen molar-refractivity contribution in [2.75, 3.05) is 11.4 Å². The van der Waals surface area contributed by atoms with Crippen LogP contribution in [0.3, 0.4) is 0 Å². The van der Waals surface area contributed by atoms with Gasteiger partial charge in [0, 0.05) is 18.9 Å². The number of anilines is 1. The molecule has 0 aliphatic carbocycles. The second kappa shape index (κ2) is 6.47. The molecule has 0 aliphatic heterocycles. The van der Waals surface area contributed by atoms with E-state index in [1.165, 1.54) is 0 Å². The van der Waals surface area contributed by atoms with Crippen LogP contribution in [0, 0.1) is 5.41 Å². The molecule has 0 saturated heterocycles. The number of nitrogens with one attached hydrogen (secondary N) is 2. The number of guanidine groups is 1. The molecule has 1 aromatic rings. The Bertz CT molecular complexity index is 379. The van der Waals surface area contributed by atoms with Crippen LogP contribution in [0.15, 0.2) is 24.5 Å². The summed E-state index contributed by atoms with van der Waals surface area (Å²) in [5.74, 6) is -0.315. The number of hydrogen-bond acceptors (Lipinski definition) is 3. The lowest BCUT2D eigenvalue weighted by Crippen LogP contribution is -2.47. The molecule has 4 N–H and O–H groups in total. The SMILES string of the molecule is CCCCNC(=O)N(C(=N)N)c1ccncc1. The van der Waals surface area contributed by atoms with Crippen LogP contribution in [-0.4, -0.2) is 23.5 Å². The standard InChI is InChI=1S/C11H17N5O/c1-2-3-6-15-11(17)16(10(12)13)9-4-7-14-8-5-9/h4-5,7-8H,2-3,6H2,1H3,(H3,12,13)(H,15,17). The second-order valence-electron chi connectivity index (χ2n) is 3.51. The number of urea groups is 1. The van der Waals surface area contributed by atoms with E-state index >= 15 is 0 Å². The topological polar surface area (TPSA) is 95.1 Å². The monoisotopic (exact) mass is 235 g/mol. The molecule has 0 unspecified atom stereocenters. The Labute approximate surface area is 100 Å². The lowest BCUT2D eigenvalue weighted by atomic mass is 10.3. The number of aromatic nitrogens is 1. The maximum absolute atomic E-state index is 11.8. The largest absolute Gasteiger partial charge is 0.369 e. The lowest BCUT2D eigenvalue weighted by molar-refractivity contribution is 0.249. The Kier molecular flexibility index (Phi) is 4.93. The minimum Gasteiger partial charge on any atom is -0.369 e. The van der Waals surface area contributed by atoms with Gasteiger partial charge in [0.2, 0.25) is 5.96 Å². The summed E-state index contributed by atoms with van der Waals surface area (Å²) in [4.78, 5) is 16.8. The highest BCUT2D eigenvalue weighted by Crippen LogP contribution is 2.11. The first-order chi connectivity index (χ1) is 8.16. The Morgan fingerprint density at radius 1 is 1.53 bits per heavy atom. The third-order valence-corrected chi connectivity index (χ3v) is 2.17. The van der Waals surface area contributed by atoms with Gasteiger partial charge in [0.1, 0.15) is 0 Å². The van der Waals surface area contributed by atoms with Crippen molar-refractivity contribution in [3.63, 3.8) is 0 Å². The molecule has 6 heteroatoms. The highest BCUT2D eigenvalue weighted by molar-refractivity contribution is 6.13. The molecule has 1 rings (SSSR count). The average molecular weight is 235 g/mol. The number of carbonyl (C=O) groups is 1. The third-order valence-electron chi connectivity index (χ3n) is 2.17. The van der Waals surface area contributed by atoms with E-state index in [-0.39, 0.29) is 5.96 Å². The van der Waals surface area contributed by atoms with E-state index in [1.807, 2.05) is 6.92 Å². The third kappa shape index (κ3) is 3.75. The van der Waals surface area contributed by atoms with Gasteiger partial charge in [-0.05, 0) is 18.6 Å². The maximum atomic E-state index is 11.8. The molecular weight excluding hydrogens is 218 g/mol. The normalized spacial score (nSPS) is 9.71. The van der Waals surface area contributed by atoms with E-state index < -0.39 is 6.03 Å². The van der Waals surface area contributed by atoms with Gasteiger partial charge in [0.25, 0.3) is 0 Å². The number of nitrogens with two attached hydrogens (primary N) is 1. The van der Waals surface area contributed by atoms with Gasteiger partial charge < -0.3 is 11.1 Å². The van der Waals surface area contributed by atoms with Gasteiger partial charge in [0.05, 0.1) is 5.69 Å². The van der Waals surface area contributed by atoms with Crippen molar-refractivity contribution < 1.29 is 4.79 Å². The Balaban J connectivity index is 2.73. The van der Waals surface area contributed by atoms with Gasteiger partial charge in [-0.2, -0.15) is 0 Å². The number of hydrogen-bond donors (Lipinski definition) is 3. The zero-order chi connectivity index (χ0) is 12.7. The first-order valence-corrected chi connectivity index (χ1v) is 5.48. The fourth-order valence-electron chi connectivity index (χ4n) is 1.31. The van der Waals surface area contributed by atoms with Crippen LogP contribution in [-0.2, 0) is 0 Å². The van der Waals surface area contributed by atoms with Gasteiger partial charge in [-0.15, -0.1) is 0 Å². The van der Waals surface area contributed by atoms with E-state index in [2.05, 4.69) is 10.3 Å². The minimum atomic E-state index is -0.392. The summed E-state index contributed by atoms with van der Waals surface area (Å²) in [5.41, 5.74) is 5.93. The molecule has 0 spiro atoms. The number of pyridine rings is 1. The first kappa shape index (κ1) is 13.0. The molecule has 0 aromatic carbocycles. The summed E-state index contributed by atoms with van der Waals surface area (Å²) in [6.45, 7) is 2.61. The molecule has 0 fully saturated rings. The van der Waals surface area contributed by atoms with Crippen LogP contribution in [0.25, 0.3) is 0 Å². The van der Waals surface area contributed by atoms with E-state index in [9.17, 15) is 4.79 Å². The van der Waals surface area contributed by atoms with Crippen molar-refractivity contribution in [2.45, 2.75) is 19.8 Å². The van der Waals surface area contributed by atoms with Crippen LogP contribution in [0.2, 0.25) is 0 Å². The molecule has 92 valence electrons. The van der Waals surface area contributed by atoms with Gasteiger partial charge in [-0.25, -0.2) is 9.69 Å². The van der Waals surface area contributed by atoms with Crippen LogP contribution in [0.1, 0.15) is 19.8 Å². The molecule has 0 aliphatic rings. The number of rotatable bonds is 4. The molecule has 0 saturated carbocycles. The second-order valence-corrected chi connectivity index (χ2v) is 3.51. The summed E-state index contributed by atoms with van der Waals surface area (Å²) in [5, 5.41) is 10.1. The summed E-state index contributed by atoms with van der Waals surface area (Å²) < 4.78 is 0. The van der Waals surface area contributed by atoms with Crippen molar-refractivity contribution in [2.24, 2.45) is 5.73 Å². The number of nitrogens with zero attached hydrogens (tertiary/aromatic N) is 2. The molecule has 0 radical (unpaired) electrons. The molecule has 0 bridgehead atoms. The summed E-state index contributed by atoms with van der Waals surface area (Å²) in [6, 6.07) is 2.86. The summed E-state index contributed by atoms with van der Waals surface area (Å²) in [6.07, 6.45) is 4.98. The van der Waals surface area contributed by atoms with Crippen molar-refractivity contribution in [1.29, 1.82) is 5.41 Å². The van der Waals surface area contributed by atoms with E-state index in [4.69, 9.17) is 11.1 Å². The lowest BCUT2D eigenvalue weighted by Gasteiger charge is -2.20. The van der Waals surface area contributed by atoms with Gasteiger partial charge >= 0.3 is 6.03 Å².